The van der Waals surface area contributed by atoms with Gasteiger partial charge in [-0.05, 0) is 42.0 Å². The molecule has 1 saturated carbocycles. The van der Waals surface area contributed by atoms with E-state index in [9.17, 15) is 60.3 Å². The molecular weight excluding hydrogens is 628 g/mol. The zero-order valence-electron chi connectivity index (χ0n) is 23.8. The van der Waals surface area contributed by atoms with Crippen molar-refractivity contribution in [2.75, 3.05) is 0 Å². The highest BCUT2D eigenvalue weighted by atomic mass is 16.8. The minimum Gasteiger partial charge on any atom is -0.508 e. The second-order valence-corrected chi connectivity index (χ2v) is 11.3. The number of hydrogen-bond donors (Lipinski definition) is 9. The number of aliphatic carboxylic acids is 1. The van der Waals surface area contributed by atoms with Gasteiger partial charge in [0.25, 0.3) is 5.78 Å². The number of benzene rings is 3. The second-order valence-electron chi connectivity index (χ2n) is 11.3. The van der Waals surface area contributed by atoms with Gasteiger partial charge in [-0.15, -0.1) is 0 Å². The smallest absolute Gasteiger partial charge is 0.357 e. The lowest BCUT2D eigenvalue weighted by Crippen LogP contribution is -2.70. The van der Waals surface area contributed by atoms with Gasteiger partial charge >= 0.3 is 23.5 Å². The second kappa shape index (κ2) is 10.8. The van der Waals surface area contributed by atoms with E-state index in [1.807, 2.05) is 0 Å². The number of ether oxygens (including phenoxy) is 4. The fourth-order valence-electron chi connectivity index (χ4n) is 5.68. The van der Waals surface area contributed by atoms with Crippen LogP contribution in [0.3, 0.4) is 0 Å². The molecule has 47 heavy (non-hydrogen) atoms. The maximum atomic E-state index is 13.7. The molecule has 0 saturated heterocycles. The quantitative estimate of drug-likeness (QED) is 0.102. The number of carboxylic acids is 1. The van der Waals surface area contributed by atoms with Crippen molar-refractivity contribution in [3.63, 3.8) is 0 Å². The number of phenolic OH excluding ortho intramolecular Hbond substituents is 4. The predicted molar refractivity (Wildman–Crippen MR) is 152 cm³/mol. The van der Waals surface area contributed by atoms with Crippen molar-refractivity contribution >= 4 is 23.8 Å². The number of fused-ring (bicyclic) bond motifs is 3. The number of aliphatic hydroxyl groups excluding tert-OH is 2. The molecule has 2 aliphatic heterocycles. The van der Waals surface area contributed by atoms with Crippen LogP contribution >= 0.6 is 0 Å². The van der Waals surface area contributed by atoms with Crippen molar-refractivity contribution in [1.82, 2.24) is 0 Å². The number of aliphatic hydroxyl groups is 4. The van der Waals surface area contributed by atoms with E-state index in [2.05, 4.69) is 0 Å². The number of Topliss-reactive ketones (excluding diaryl/α,β-unsaturated/α-hetero) is 1. The molecule has 16 heteroatoms. The maximum Gasteiger partial charge on any atom is 0.357 e. The Morgan fingerprint density at radius 2 is 1.55 bits per heavy atom. The molecule has 1 aliphatic carbocycles. The van der Waals surface area contributed by atoms with Crippen LogP contribution in [-0.2, 0) is 20.1 Å². The van der Waals surface area contributed by atoms with Gasteiger partial charge in [0, 0.05) is 36.6 Å². The molecule has 3 aromatic rings. The number of rotatable bonds is 5. The number of carbonyl (C=O) groups excluding carboxylic acids is 2. The summed E-state index contributed by atoms with van der Waals surface area (Å²) in [6.45, 7) is 0. The largest absolute Gasteiger partial charge is 0.508 e. The van der Waals surface area contributed by atoms with E-state index in [0.717, 1.165) is 36.4 Å². The SMILES string of the molecule is O=C(C=Cc1ccc2c(c1)OC1(c3ccc(O)c(O)c3)Oc3cc(O)cc(O)c3C(=O)C1(O)O2)O[C@@H]1C[C@](O)(C(=O)O)C[C@@H](O)[C@H]1O. The number of aromatic hydroxyl groups is 4. The van der Waals surface area contributed by atoms with Crippen LogP contribution in [0.15, 0.2) is 54.6 Å². The van der Waals surface area contributed by atoms with Crippen LogP contribution in [0.4, 0.5) is 0 Å². The Balaban J connectivity index is 1.34. The minimum atomic E-state index is -3.06. The number of hydrogen-bond acceptors (Lipinski definition) is 15. The third-order valence-electron chi connectivity index (χ3n) is 8.07. The van der Waals surface area contributed by atoms with Gasteiger partial charge in [0.2, 0.25) is 0 Å². The van der Waals surface area contributed by atoms with Crippen molar-refractivity contribution in [2.45, 2.75) is 48.3 Å². The molecule has 6 rings (SSSR count). The molecule has 6 atom stereocenters. The highest BCUT2D eigenvalue weighted by Gasteiger charge is 2.71. The van der Waals surface area contributed by atoms with Gasteiger partial charge in [0.05, 0.1) is 6.10 Å². The highest BCUT2D eigenvalue weighted by Crippen LogP contribution is 2.55. The average Bonchev–Trinajstić information content (AvgIpc) is 2.99. The first-order valence-electron chi connectivity index (χ1n) is 13.8. The molecule has 3 aromatic carbocycles. The standard InChI is InChI=1S/C31H26O16/c32-15-9-18(35)25-22(10-15)47-31(14-3-4-16(33)17(34)8-14)30(43,27(25)39)45-20-5-1-13(7-21(20)46-31)2-6-24(37)44-23-12-29(42,28(40)41)11-19(36)26(23)38/h1-10,19,23,26,32-36,38,42-43H,11-12H2,(H,40,41)/t19-,23-,26-,29+,30?,31?/m1/s1. The Hall–Kier alpha value is -5.55. The molecule has 2 unspecified atom stereocenters. The first-order valence-corrected chi connectivity index (χ1v) is 13.8. The zero-order valence-corrected chi connectivity index (χ0v) is 23.8. The molecule has 0 amide bonds. The predicted octanol–water partition coefficient (Wildman–Crippen LogP) is 0.353. The Morgan fingerprint density at radius 3 is 2.26 bits per heavy atom. The van der Waals surface area contributed by atoms with Crippen LogP contribution in [0.1, 0.15) is 34.3 Å². The van der Waals surface area contributed by atoms with Crippen molar-refractivity contribution in [3.05, 3.63) is 71.3 Å². The summed E-state index contributed by atoms with van der Waals surface area (Å²) in [5.74, 6) is -13.0. The monoisotopic (exact) mass is 654 g/mol. The maximum absolute atomic E-state index is 13.7. The van der Waals surface area contributed by atoms with Crippen LogP contribution in [0.5, 0.6) is 40.2 Å². The van der Waals surface area contributed by atoms with Crippen LogP contribution < -0.4 is 14.2 Å². The molecule has 0 bridgehead atoms. The van der Waals surface area contributed by atoms with Crippen LogP contribution in [0, 0.1) is 0 Å². The fourth-order valence-corrected chi connectivity index (χ4v) is 5.68. The van der Waals surface area contributed by atoms with Gasteiger partial charge in [0.15, 0.2) is 28.6 Å². The zero-order chi connectivity index (χ0) is 34.1. The molecule has 0 aromatic heterocycles. The summed E-state index contributed by atoms with van der Waals surface area (Å²) in [7, 11) is 0. The molecule has 16 nitrogen and oxygen atoms in total. The van der Waals surface area contributed by atoms with Crippen LogP contribution in [-0.4, -0.2) is 93.4 Å². The topological polar surface area (TPSA) is 270 Å². The highest BCUT2D eigenvalue weighted by molar-refractivity contribution is 6.08. The first kappa shape index (κ1) is 31.4. The third kappa shape index (κ3) is 4.99. The number of phenols is 4. The van der Waals surface area contributed by atoms with E-state index in [1.54, 1.807) is 0 Å². The lowest BCUT2D eigenvalue weighted by atomic mass is 9.79. The van der Waals surface area contributed by atoms with E-state index < -0.39 is 100 Å². The van der Waals surface area contributed by atoms with Crippen LogP contribution in [0.2, 0.25) is 0 Å². The Morgan fingerprint density at radius 1 is 0.830 bits per heavy atom. The number of carboxylic acid groups (broad SMARTS) is 1. The summed E-state index contributed by atoms with van der Waals surface area (Å²) in [4.78, 5) is 37.8. The lowest BCUT2D eigenvalue weighted by Gasteiger charge is -2.50. The van der Waals surface area contributed by atoms with Crippen molar-refractivity contribution in [2.24, 2.45) is 0 Å². The van der Waals surface area contributed by atoms with Gasteiger partial charge in [-0.25, -0.2) is 9.59 Å². The van der Waals surface area contributed by atoms with Crippen molar-refractivity contribution in [1.29, 1.82) is 0 Å². The molecule has 0 spiro atoms. The Kier molecular flexibility index (Phi) is 7.20. The molecule has 9 N–H and O–H groups in total. The van der Waals surface area contributed by atoms with E-state index in [4.69, 9.17) is 18.9 Å². The number of ketones is 1. The Bertz CT molecular complexity index is 1850. The van der Waals surface area contributed by atoms with Gasteiger partial charge < -0.3 is 64.9 Å². The summed E-state index contributed by atoms with van der Waals surface area (Å²) in [6.07, 6.45) is -4.15. The van der Waals surface area contributed by atoms with E-state index >= 15 is 0 Å². The summed E-state index contributed by atoms with van der Waals surface area (Å²) in [5.41, 5.74) is -3.01. The van der Waals surface area contributed by atoms with Gasteiger partial charge in [-0.1, -0.05) is 6.07 Å². The normalized spacial score (nSPS) is 29.4. The van der Waals surface area contributed by atoms with Crippen LogP contribution in [0.25, 0.3) is 6.08 Å². The van der Waals surface area contributed by atoms with Gasteiger partial charge in [-0.2, -0.15) is 0 Å². The molecule has 3 aliphatic rings. The summed E-state index contributed by atoms with van der Waals surface area (Å²) >= 11 is 0. The minimum absolute atomic E-state index is 0.185. The van der Waals surface area contributed by atoms with E-state index in [-0.39, 0.29) is 22.6 Å². The fraction of sp³-hybridized carbons (Fsp3) is 0.258. The third-order valence-corrected chi connectivity index (χ3v) is 8.07. The van der Waals surface area contributed by atoms with Crippen molar-refractivity contribution in [3.8, 4) is 40.2 Å². The number of esters is 1. The number of carbonyl (C=O) groups is 3. The van der Waals surface area contributed by atoms with Crippen molar-refractivity contribution < 1.29 is 79.3 Å². The first-order chi connectivity index (χ1) is 22.1. The summed E-state index contributed by atoms with van der Waals surface area (Å²) in [6, 6.07) is 8.82. The Labute approximate surface area is 263 Å². The molecular formula is C31H26O16. The molecule has 246 valence electrons. The average molecular weight is 655 g/mol. The molecule has 1 fully saturated rings. The van der Waals surface area contributed by atoms with Gasteiger partial charge in [0.1, 0.15) is 35.0 Å². The lowest BCUT2D eigenvalue weighted by molar-refractivity contribution is -0.316. The summed E-state index contributed by atoms with van der Waals surface area (Å²) in [5, 5.41) is 92.2. The molecule has 0 radical (unpaired) electrons. The van der Waals surface area contributed by atoms with E-state index in [1.165, 1.54) is 24.3 Å². The summed E-state index contributed by atoms with van der Waals surface area (Å²) < 4.78 is 22.9. The molecule has 2 heterocycles. The van der Waals surface area contributed by atoms with Gasteiger partial charge in [-0.3, -0.25) is 4.79 Å². The van der Waals surface area contributed by atoms with E-state index in [0.29, 0.717) is 0 Å².